The quantitative estimate of drug-likeness (QED) is 0.729. The smallest absolute Gasteiger partial charge is 0.0962 e. The third-order valence-electron chi connectivity index (χ3n) is 3.87. The zero-order valence-electron chi connectivity index (χ0n) is 12.5. The average Bonchev–Trinajstić information content (AvgIpc) is 2.99. The lowest BCUT2D eigenvalue weighted by atomic mass is 10.1. The van der Waals surface area contributed by atoms with Gasteiger partial charge in [0.15, 0.2) is 0 Å². The predicted molar refractivity (Wildman–Crippen MR) is 80.9 cm³/mol. The van der Waals surface area contributed by atoms with Crippen molar-refractivity contribution in [3.05, 3.63) is 47.8 Å². The molecule has 0 aliphatic carbocycles. The number of fused-ring (bicyclic) bond motifs is 1. The van der Waals surface area contributed by atoms with Crippen LogP contribution in [0, 0.1) is 13.8 Å². The number of aromatic nitrogens is 4. The van der Waals surface area contributed by atoms with Gasteiger partial charge in [-0.15, -0.1) is 0 Å². The Balaban J connectivity index is 2.03. The van der Waals surface area contributed by atoms with E-state index < -0.39 is 0 Å². The molecule has 20 heavy (non-hydrogen) atoms. The minimum absolute atomic E-state index is 0.422. The Kier molecular flexibility index (Phi) is 3.08. The van der Waals surface area contributed by atoms with E-state index in [2.05, 4.69) is 58.9 Å². The first-order chi connectivity index (χ1) is 9.56. The summed E-state index contributed by atoms with van der Waals surface area (Å²) in [5.74, 6) is 0. The monoisotopic (exact) mass is 268 g/mol. The number of nitrogens with zero attached hydrogens (tertiary/aromatic N) is 4. The molecule has 0 spiro atoms. The summed E-state index contributed by atoms with van der Waals surface area (Å²) in [6.45, 7) is 9.42. The van der Waals surface area contributed by atoms with Crippen molar-refractivity contribution >= 4 is 11.0 Å². The van der Waals surface area contributed by atoms with E-state index in [4.69, 9.17) is 0 Å². The molecule has 0 radical (unpaired) electrons. The molecule has 3 aromatic rings. The Morgan fingerprint density at radius 1 is 1.10 bits per heavy atom. The van der Waals surface area contributed by atoms with Gasteiger partial charge in [0, 0.05) is 12.2 Å². The number of hydrogen-bond donors (Lipinski definition) is 0. The van der Waals surface area contributed by atoms with E-state index in [1.54, 1.807) is 0 Å². The molecule has 0 N–H and O–H groups in total. The fourth-order valence-electron chi connectivity index (χ4n) is 2.53. The molecule has 0 unspecified atom stereocenters. The molecule has 0 amide bonds. The highest BCUT2D eigenvalue weighted by atomic mass is 15.1. The molecule has 0 bridgehead atoms. The second kappa shape index (κ2) is 4.78. The van der Waals surface area contributed by atoms with Crippen LogP contribution in [0.2, 0.25) is 0 Å². The van der Waals surface area contributed by atoms with Crippen molar-refractivity contribution in [3.8, 4) is 0 Å². The van der Waals surface area contributed by atoms with Gasteiger partial charge in [-0.2, -0.15) is 0 Å². The minimum atomic E-state index is 0.422. The van der Waals surface area contributed by atoms with Crippen LogP contribution in [0.5, 0.6) is 0 Å². The summed E-state index contributed by atoms with van der Waals surface area (Å²) in [5, 5.41) is 0. The Morgan fingerprint density at radius 3 is 2.60 bits per heavy atom. The van der Waals surface area contributed by atoms with Crippen LogP contribution in [0.1, 0.15) is 36.7 Å². The lowest BCUT2D eigenvalue weighted by Gasteiger charge is -2.12. The van der Waals surface area contributed by atoms with Crippen LogP contribution >= 0.6 is 0 Å². The number of hydrogen-bond acceptors (Lipinski definition) is 2. The zero-order chi connectivity index (χ0) is 14.3. The SMILES string of the molecule is Cc1cc2ncn(Cc3cncn3C(C)C)c2cc1C. The largest absolute Gasteiger partial charge is 0.330 e. The molecule has 0 saturated carbocycles. The molecule has 104 valence electrons. The normalized spacial score (nSPS) is 11.7. The zero-order valence-corrected chi connectivity index (χ0v) is 12.5. The van der Waals surface area contributed by atoms with Crippen molar-refractivity contribution in [1.82, 2.24) is 19.1 Å². The first-order valence-corrected chi connectivity index (χ1v) is 6.99. The summed E-state index contributed by atoms with van der Waals surface area (Å²) < 4.78 is 4.39. The third-order valence-corrected chi connectivity index (χ3v) is 3.87. The van der Waals surface area contributed by atoms with Gasteiger partial charge in [-0.05, 0) is 51.0 Å². The maximum Gasteiger partial charge on any atom is 0.0962 e. The Hall–Kier alpha value is -2.10. The maximum absolute atomic E-state index is 4.51. The summed E-state index contributed by atoms with van der Waals surface area (Å²) in [7, 11) is 0. The second-order valence-electron chi connectivity index (χ2n) is 5.68. The Labute approximate surface area is 119 Å². The van der Waals surface area contributed by atoms with E-state index >= 15 is 0 Å². The van der Waals surface area contributed by atoms with Crippen LogP contribution in [-0.4, -0.2) is 19.1 Å². The number of rotatable bonds is 3. The van der Waals surface area contributed by atoms with E-state index in [9.17, 15) is 0 Å². The molecular weight excluding hydrogens is 248 g/mol. The number of imidazole rings is 2. The standard InChI is InChI=1S/C16H20N4/c1-11(2)20-9-17-7-14(20)8-19-10-18-15-5-12(3)13(4)6-16(15)19/h5-7,9-11H,8H2,1-4H3. The average molecular weight is 268 g/mol. The first kappa shape index (κ1) is 12.9. The molecule has 0 aliphatic heterocycles. The van der Waals surface area contributed by atoms with E-state index in [-0.39, 0.29) is 0 Å². The van der Waals surface area contributed by atoms with Crippen molar-refractivity contribution in [3.63, 3.8) is 0 Å². The molecule has 4 nitrogen and oxygen atoms in total. The van der Waals surface area contributed by atoms with Crippen LogP contribution in [0.4, 0.5) is 0 Å². The number of aryl methyl sites for hydroxylation is 2. The van der Waals surface area contributed by atoms with Crippen LogP contribution in [0.25, 0.3) is 11.0 Å². The van der Waals surface area contributed by atoms with Crippen LogP contribution in [-0.2, 0) is 6.54 Å². The summed E-state index contributed by atoms with van der Waals surface area (Å²) in [5.41, 5.74) is 6.04. The van der Waals surface area contributed by atoms with Crippen molar-refractivity contribution < 1.29 is 0 Å². The highest BCUT2D eigenvalue weighted by Gasteiger charge is 2.09. The molecule has 2 aromatic heterocycles. The first-order valence-electron chi connectivity index (χ1n) is 6.99. The fraction of sp³-hybridized carbons (Fsp3) is 0.375. The van der Waals surface area contributed by atoms with Gasteiger partial charge in [0.25, 0.3) is 0 Å². The van der Waals surface area contributed by atoms with Gasteiger partial charge < -0.3 is 9.13 Å². The molecule has 1 aromatic carbocycles. The summed E-state index contributed by atoms with van der Waals surface area (Å²) in [6.07, 6.45) is 5.75. The van der Waals surface area contributed by atoms with Crippen LogP contribution in [0.15, 0.2) is 31.0 Å². The predicted octanol–water partition coefficient (Wildman–Crippen LogP) is 3.48. The van der Waals surface area contributed by atoms with Gasteiger partial charge in [-0.25, -0.2) is 9.97 Å². The van der Waals surface area contributed by atoms with E-state index in [0.717, 1.165) is 12.1 Å². The summed E-state index contributed by atoms with van der Waals surface area (Å²) in [4.78, 5) is 8.77. The molecule has 0 aliphatic rings. The fourth-order valence-corrected chi connectivity index (χ4v) is 2.53. The van der Waals surface area contributed by atoms with Crippen molar-refractivity contribution in [2.24, 2.45) is 0 Å². The van der Waals surface area contributed by atoms with Crippen LogP contribution < -0.4 is 0 Å². The Morgan fingerprint density at radius 2 is 1.85 bits per heavy atom. The van der Waals surface area contributed by atoms with Crippen molar-refractivity contribution in [2.75, 3.05) is 0 Å². The van der Waals surface area contributed by atoms with Gasteiger partial charge in [0.2, 0.25) is 0 Å². The van der Waals surface area contributed by atoms with Gasteiger partial charge in [-0.3, -0.25) is 0 Å². The molecule has 3 rings (SSSR count). The molecule has 4 heteroatoms. The maximum atomic E-state index is 4.51. The van der Waals surface area contributed by atoms with Crippen molar-refractivity contribution in [2.45, 2.75) is 40.3 Å². The lowest BCUT2D eigenvalue weighted by molar-refractivity contribution is 0.563. The molecule has 0 saturated heterocycles. The topological polar surface area (TPSA) is 35.6 Å². The molecular formula is C16H20N4. The minimum Gasteiger partial charge on any atom is -0.330 e. The highest BCUT2D eigenvalue weighted by Crippen LogP contribution is 2.20. The van der Waals surface area contributed by atoms with E-state index in [0.29, 0.717) is 6.04 Å². The lowest BCUT2D eigenvalue weighted by Crippen LogP contribution is -2.08. The van der Waals surface area contributed by atoms with Gasteiger partial charge in [0.05, 0.1) is 35.9 Å². The summed E-state index contributed by atoms with van der Waals surface area (Å²) >= 11 is 0. The van der Waals surface area contributed by atoms with E-state index in [1.165, 1.54) is 22.3 Å². The Bertz CT molecular complexity index is 749. The molecule has 0 atom stereocenters. The summed E-state index contributed by atoms with van der Waals surface area (Å²) in [6, 6.07) is 4.79. The second-order valence-corrected chi connectivity index (χ2v) is 5.68. The third kappa shape index (κ3) is 2.11. The van der Waals surface area contributed by atoms with Crippen LogP contribution in [0.3, 0.4) is 0 Å². The molecule has 2 heterocycles. The van der Waals surface area contributed by atoms with Gasteiger partial charge in [0.1, 0.15) is 0 Å². The van der Waals surface area contributed by atoms with Gasteiger partial charge >= 0.3 is 0 Å². The van der Waals surface area contributed by atoms with E-state index in [1.807, 2.05) is 18.9 Å². The highest BCUT2D eigenvalue weighted by molar-refractivity contribution is 5.77. The number of benzene rings is 1. The van der Waals surface area contributed by atoms with Crippen molar-refractivity contribution in [1.29, 1.82) is 0 Å². The van der Waals surface area contributed by atoms with Gasteiger partial charge in [-0.1, -0.05) is 0 Å². The molecule has 0 fully saturated rings.